The first-order valence-corrected chi connectivity index (χ1v) is 14.5. The largest absolute Gasteiger partial charge is 0.355 e. The monoisotopic (exact) mass is 537 g/mol. The van der Waals surface area contributed by atoms with Crippen LogP contribution in [0.25, 0.3) is 0 Å². The van der Waals surface area contributed by atoms with Gasteiger partial charge >= 0.3 is 0 Å². The summed E-state index contributed by atoms with van der Waals surface area (Å²) >= 11 is 0. The molecule has 2 aliphatic heterocycles. The lowest BCUT2D eigenvalue weighted by Crippen LogP contribution is -2.53. The van der Waals surface area contributed by atoms with Gasteiger partial charge in [-0.15, -0.1) is 0 Å². The van der Waals surface area contributed by atoms with E-state index in [1.165, 1.54) is 6.92 Å². The zero-order chi connectivity index (χ0) is 26.1. The average Bonchev–Trinajstić information content (AvgIpc) is 3.01. The van der Waals surface area contributed by atoms with Crippen molar-refractivity contribution in [1.82, 2.24) is 14.3 Å². The van der Waals surface area contributed by atoms with Crippen molar-refractivity contribution in [3.05, 3.63) is 35.1 Å². The molecule has 2 saturated heterocycles. The second-order valence-corrected chi connectivity index (χ2v) is 14.4. The van der Waals surface area contributed by atoms with E-state index in [4.69, 9.17) is 0 Å². The average molecular weight is 538 g/mol. The highest BCUT2D eigenvalue weighted by molar-refractivity contribution is 7.89. The summed E-state index contributed by atoms with van der Waals surface area (Å²) in [5.74, 6) is -3.94. The predicted octanol–water partition coefficient (Wildman–Crippen LogP) is 2.78. The summed E-state index contributed by atoms with van der Waals surface area (Å²) in [7, 11) is -5.11. The first-order chi connectivity index (χ1) is 16.2. The van der Waals surface area contributed by atoms with Crippen molar-refractivity contribution in [2.75, 3.05) is 12.3 Å². The maximum absolute atomic E-state index is 14.5. The fourth-order valence-corrected chi connectivity index (χ4v) is 7.76. The van der Waals surface area contributed by atoms with Crippen LogP contribution in [0, 0.1) is 23.4 Å². The Morgan fingerprint density at radius 2 is 1.69 bits per heavy atom. The minimum Gasteiger partial charge on any atom is -0.355 e. The first-order valence-electron chi connectivity index (χ1n) is 11.8. The molecule has 12 heteroatoms. The Bertz CT molecular complexity index is 1060. The number of halogens is 3. The van der Waals surface area contributed by atoms with E-state index in [0.717, 1.165) is 6.07 Å². The highest BCUT2D eigenvalue weighted by Crippen LogP contribution is 2.42. The van der Waals surface area contributed by atoms with E-state index in [1.54, 1.807) is 25.1 Å². The lowest BCUT2D eigenvalue weighted by Gasteiger charge is -2.41. The van der Waals surface area contributed by atoms with Crippen LogP contribution in [-0.4, -0.2) is 58.0 Å². The fraction of sp³-hybridized carbons (Fsp3) is 0.696. The van der Waals surface area contributed by atoms with Crippen LogP contribution < -0.4 is 10.0 Å². The molecule has 1 amide bonds. The molecule has 1 aromatic rings. The maximum atomic E-state index is 14.5. The second kappa shape index (κ2) is 10.9. The van der Waals surface area contributed by atoms with Gasteiger partial charge in [0.2, 0.25) is 15.9 Å². The van der Waals surface area contributed by atoms with E-state index in [2.05, 4.69) is 10.0 Å². The molecule has 2 N–H and O–H groups in total. The number of hydrogen-bond donors (Lipinski definition) is 2. The van der Waals surface area contributed by atoms with Gasteiger partial charge in [-0.1, -0.05) is 0 Å². The van der Waals surface area contributed by atoms with Gasteiger partial charge in [0, 0.05) is 37.7 Å². The number of carbonyl (C=O) groups excluding carboxylic acids is 1. The molecule has 0 radical (unpaired) electrons. The molecule has 5 atom stereocenters. The third-order valence-corrected chi connectivity index (χ3v) is 10.3. The Hall–Kier alpha value is -1.50. The highest BCUT2D eigenvalue weighted by Gasteiger charge is 2.48. The number of amides is 1. The van der Waals surface area contributed by atoms with Crippen LogP contribution in [0.4, 0.5) is 13.2 Å². The van der Waals surface area contributed by atoms with Crippen molar-refractivity contribution in [3.63, 3.8) is 0 Å². The van der Waals surface area contributed by atoms with Crippen LogP contribution >= 0.6 is 0 Å². The van der Waals surface area contributed by atoms with E-state index < -0.39 is 49.2 Å². The molecule has 2 fully saturated rings. The molecule has 3 rings (SSSR count). The van der Waals surface area contributed by atoms with Crippen LogP contribution in [-0.2, 0) is 32.2 Å². The zero-order valence-electron chi connectivity index (χ0n) is 20.4. The highest BCUT2D eigenvalue weighted by atomic mass is 32.2. The second-order valence-electron chi connectivity index (χ2n) is 10.4. The molecule has 0 saturated carbocycles. The molecule has 0 aliphatic carbocycles. The van der Waals surface area contributed by atoms with Crippen LogP contribution in [0.15, 0.2) is 12.1 Å². The zero-order valence-corrected chi connectivity index (χ0v) is 22.1. The maximum Gasteiger partial charge on any atom is 0.216 e. The smallest absolute Gasteiger partial charge is 0.216 e. The van der Waals surface area contributed by atoms with Gasteiger partial charge in [-0.2, -0.15) is 4.31 Å². The Labute approximate surface area is 207 Å². The summed E-state index contributed by atoms with van der Waals surface area (Å²) in [5.41, 5.74) is -0.0231. The molecule has 7 nitrogen and oxygen atoms in total. The fourth-order valence-electron chi connectivity index (χ4n) is 5.00. The van der Waals surface area contributed by atoms with E-state index in [9.17, 15) is 30.6 Å². The van der Waals surface area contributed by atoms with Gasteiger partial charge in [0.05, 0.1) is 21.5 Å². The molecule has 198 valence electrons. The SMILES string of the molecule is CC(=O)NCCS(=O)(=O)N1C2CC[C@H]1CC(C(Cc1cc(F)c(F)cc1F)N[S@@](=O)C(C)(C)C)C2. The van der Waals surface area contributed by atoms with Crippen molar-refractivity contribution >= 4 is 26.9 Å². The Morgan fingerprint density at radius 3 is 2.23 bits per heavy atom. The van der Waals surface area contributed by atoms with E-state index >= 15 is 0 Å². The van der Waals surface area contributed by atoms with Gasteiger partial charge in [0.1, 0.15) is 5.82 Å². The van der Waals surface area contributed by atoms with Gasteiger partial charge < -0.3 is 5.32 Å². The minimum atomic E-state index is -3.60. The minimum absolute atomic E-state index is 0.00968. The number of fused-ring (bicyclic) bond motifs is 2. The summed E-state index contributed by atoms with van der Waals surface area (Å²) in [6.07, 6.45) is 2.29. The Morgan fingerprint density at radius 1 is 1.11 bits per heavy atom. The lowest BCUT2D eigenvalue weighted by molar-refractivity contribution is -0.118. The normalized spacial score (nSPS) is 24.8. The molecular formula is C23H34F3N3O4S2. The van der Waals surface area contributed by atoms with E-state index in [0.29, 0.717) is 31.7 Å². The molecule has 3 unspecified atom stereocenters. The number of rotatable bonds is 9. The number of carbonyl (C=O) groups is 1. The molecular weight excluding hydrogens is 503 g/mol. The molecule has 0 aromatic heterocycles. The summed E-state index contributed by atoms with van der Waals surface area (Å²) in [5, 5.41) is 2.51. The van der Waals surface area contributed by atoms with Crippen molar-refractivity contribution in [2.24, 2.45) is 5.92 Å². The summed E-state index contributed by atoms with van der Waals surface area (Å²) < 4.78 is 84.7. The molecule has 2 aliphatic rings. The third-order valence-electron chi connectivity index (χ3n) is 6.67. The topological polar surface area (TPSA) is 95.6 Å². The number of piperidine rings is 1. The quantitative estimate of drug-likeness (QED) is 0.474. The number of nitrogens with one attached hydrogen (secondary N) is 2. The lowest BCUT2D eigenvalue weighted by atomic mass is 9.83. The molecule has 0 spiro atoms. The summed E-state index contributed by atoms with van der Waals surface area (Å²) in [6, 6.07) is 0.291. The Balaban J connectivity index is 1.81. The van der Waals surface area contributed by atoms with E-state index in [-0.39, 0.29) is 48.2 Å². The molecule has 1 aromatic carbocycles. The van der Waals surface area contributed by atoms with Crippen LogP contribution in [0.3, 0.4) is 0 Å². The standard InChI is InChI=1S/C23H34F3N3O4S2/c1-14(30)27-7-8-35(32,33)29-17-5-6-18(29)10-16(9-17)22(28-34(31)23(2,3)4)12-15-11-20(25)21(26)13-19(15)24/h11,13,16-18,22,28H,5-10,12H2,1-4H3,(H,27,30)/t16?,17-,18?,22?,34-/m0/s1. The van der Waals surface area contributed by atoms with E-state index in [1.807, 2.05) is 0 Å². The van der Waals surface area contributed by atoms with Crippen molar-refractivity contribution in [2.45, 2.75) is 82.7 Å². The number of sulfonamides is 1. The molecule has 2 heterocycles. The number of benzene rings is 1. The first kappa shape index (κ1) is 28.1. The van der Waals surface area contributed by atoms with Gasteiger partial charge in [0.25, 0.3) is 0 Å². The van der Waals surface area contributed by atoms with Crippen molar-refractivity contribution < 1.29 is 30.6 Å². The van der Waals surface area contributed by atoms with Gasteiger partial charge in [-0.05, 0) is 70.4 Å². The van der Waals surface area contributed by atoms with Gasteiger partial charge in [-0.3, -0.25) is 4.79 Å². The van der Waals surface area contributed by atoms with Gasteiger partial charge in [0.15, 0.2) is 11.6 Å². The summed E-state index contributed by atoms with van der Waals surface area (Å²) in [4.78, 5) is 11.1. The summed E-state index contributed by atoms with van der Waals surface area (Å²) in [6.45, 7) is 6.73. The predicted molar refractivity (Wildman–Crippen MR) is 129 cm³/mol. The Kier molecular flexibility index (Phi) is 8.71. The molecule has 35 heavy (non-hydrogen) atoms. The van der Waals surface area contributed by atoms with Gasteiger partial charge in [-0.25, -0.2) is 30.5 Å². The third kappa shape index (κ3) is 6.84. The van der Waals surface area contributed by atoms with Crippen LogP contribution in [0.5, 0.6) is 0 Å². The number of nitrogens with zero attached hydrogens (tertiary/aromatic N) is 1. The van der Waals surface area contributed by atoms with Crippen LogP contribution in [0.1, 0.15) is 58.9 Å². The van der Waals surface area contributed by atoms with Crippen molar-refractivity contribution in [1.29, 1.82) is 0 Å². The number of hydrogen-bond acceptors (Lipinski definition) is 4. The van der Waals surface area contributed by atoms with Crippen LogP contribution in [0.2, 0.25) is 0 Å². The molecule has 2 bridgehead atoms. The van der Waals surface area contributed by atoms with Crippen molar-refractivity contribution in [3.8, 4) is 0 Å².